The smallest absolute Gasteiger partial charge is 0.330 e. The van der Waals surface area contributed by atoms with E-state index in [4.69, 9.17) is 4.74 Å². The van der Waals surface area contributed by atoms with Crippen LogP contribution in [0.3, 0.4) is 0 Å². The van der Waals surface area contributed by atoms with Gasteiger partial charge in [0, 0.05) is 17.5 Å². The molecule has 0 N–H and O–H groups in total. The zero-order valence-corrected chi connectivity index (χ0v) is 10.9. The third-order valence-electron chi connectivity index (χ3n) is 3.57. The number of methoxy groups -OCH3 is 1. The van der Waals surface area contributed by atoms with E-state index in [-0.39, 0.29) is 17.6 Å². The number of carbonyl (C=O) groups is 1. The summed E-state index contributed by atoms with van der Waals surface area (Å²) in [6.07, 6.45) is 3.49. The lowest BCUT2D eigenvalue weighted by molar-refractivity contribution is -0.384. The Bertz CT molecular complexity index is 690. The average Bonchev–Trinajstić information content (AvgIpc) is 3.19. The molecule has 1 aliphatic carbocycles. The molecule has 1 aliphatic rings. The second kappa shape index (κ2) is 4.59. The Hall–Kier alpha value is -2.44. The highest BCUT2D eigenvalue weighted by Gasteiger charge is 2.39. The van der Waals surface area contributed by atoms with Crippen molar-refractivity contribution in [3.8, 4) is 0 Å². The molecule has 1 heterocycles. The number of hydrogen-bond acceptors (Lipinski definition) is 5. The number of rotatable bonds is 4. The summed E-state index contributed by atoms with van der Waals surface area (Å²) in [6.45, 7) is 0. The van der Waals surface area contributed by atoms with Gasteiger partial charge >= 0.3 is 5.97 Å². The molecule has 1 unspecified atom stereocenters. The van der Waals surface area contributed by atoms with Gasteiger partial charge in [0.15, 0.2) is 6.04 Å². The maximum atomic E-state index is 11.9. The second-order valence-corrected chi connectivity index (χ2v) is 4.89. The first kappa shape index (κ1) is 12.6. The standard InChI is InChI=1S/C13H13N3O4/c1-20-13(17)12(8-2-3-8)15-11-6-10(16(18)19)5-4-9(11)7-14-15/h4-8,12H,2-3H2,1H3. The summed E-state index contributed by atoms with van der Waals surface area (Å²) < 4.78 is 6.38. The van der Waals surface area contributed by atoms with E-state index >= 15 is 0 Å². The molecule has 1 aromatic heterocycles. The number of nitrogens with zero attached hydrogens (tertiary/aromatic N) is 3. The zero-order chi connectivity index (χ0) is 14.3. The molecule has 3 rings (SSSR count). The van der Waals surface area contributed by atoms with Gasteiger partial charge in [0.2, 0.25) is 0 Å². The van der Waals surface area contributed by atoms with Gasteiger partial charge in [0.1, 0.15) is 0 Å². The van der Waals surface area contributed by atoms with Crippen LogP contribution in [-0.2, 0) is 9.53 Å². The minimum atomic E-state index is -0.500. The third-order valence-corrected chi connectivity index (χ3v) is 3.57. The van der Waals surface area contributed by atoms with Gasteiger partial charge in [-0.25, -0.2) is 9.48 Å². The third kappa shape index (κ3) is 2.01. The highest BCUT2D eigenvalue weighted by atomic mass is 16.6. The van der Waals surface area contributed by atoms with Crippen molar-refractivity contribution in [2.24, 2.45) is 5.92 Å². The molecule has 20 heavy (non-hydrogen) atoms. The number of nitro groups is 1. The summed E-state index contributed by atoms with van der Waals surface area (Å²) in [6, 6.07) is 4.01. The van der Waals surface area contributed by atoms with Crippen molar-refractivity contribution in [3.63, 3.8) is 0 Å². The van der Waals surface area contributed by atoms with E-state index < -0.39 is 11.0 Å². The first-order valence-electron chi connectivity index (χ1n) is 6.31. The summed E-state index contributed by atoms with van der Waals surface area (Å²) in [4.78, 5) is 22.3. The number of hydrogen-bond donors (Lipinski definition) is 0. The van der Waals surface area contributed by atoms with Crippen LogP contribution in [0.2, 0.25) is 0 Å². The fourth-order valence-corrected chi connectivity index (χ4v) is 2.39. The molecule has 0 spiro atoms. The van der Waals surface area contributed by atoms with Crippen molar-refractivity contribution in [3.05, 3.63) is 34.5 Å². The van der Waals surface area contributed by atoms with Gasteiger partial charge in [-0.2, -0.15) is 5.10 Å². The van der Waals surface area contributed by atoms with E-state index in [2.05, 4.69) is 5.10 Å². The van der Waals surface area contributed by atoms with Crippen LogP contribution in [0.1, 0.15) is 18.9 Å². The number of esters is 1. The Labute approximate surface area is 114 Å². The molecule has 1 aromatic carbocycles. The average molecular weight is 275 g/mol. The number of nitro benzene ring substituents is 1. The molecule has 104 valence electrons. The highest BCUT2D eigenvalue weighted by molar-refractivity contribution is 5.84. The molecule has 1 fully saturated rings. The molecule has 0 amide bonds. The molecular formula is C13H13N3O4. The van der Waals surface area contributed by atoms with Crippen molar-refractivity contribution < 1.29 is 14.5 Å². The Balaban J connectivity index is 2.11. The van der Waals surface area contributed by atoms with Gasteiger partial charge in [-0.3, -0.25) is 10.1 Å². The lowest BCUT2D eigenvalue weighted by Gasteiger charge is -2.15. The lowest BCUT2D eigenvalue weighted by Crippen LogP contribution is -2.23. The number of ether oxygens (including phenoxy) is 1. The summed E-state index contributed by atoms with van der Waals surface area (Å²) in [7, 11) is 1.34. The maximum absolute atomic E-state index is 11.9. The number of fused-ring (bicyclic) bond motifs is 1. The first-order chi connectivity index (χ1) is 9.61. The predicted molar refractivity (Wildman–Crippen MR) is 70.2 cm³/mol. The van der Waals surface area contributed by atoms with Gasteiger partial charge in [0.25, 0.3) is 5.69 Å². The van der Waals surface area contributed by atoms with Crippen LogP contribution in [0.25, 0.3) is 10.9 Å². The van der Waals surface area contributed by atoms with E-state index in [0.29, 0.717) is 5.52 Å². The monoisotopic (exact) mass is 275 g/mol. The predicted octanol–water partition coefficient (Wildman–Crippen LogP) is 2.07. The van der Waals surface area contributed by atoms with E-state index in [1.165, 1.54) is 19.2 Å². The van der Waals surface area contributed by atoms with Crippen molar-refractivity contribution in [1.29, 1.82) is 0 Å². The van der Waals surface area contributed by atoms with Gasteiger partial charge < -0.3 is 4.74 Å². The fourth-order valence-electron chi connectivity index (χ4n) is 2.39. The molecule has 7 heteroatoms. The molecular weight excluding hydrogens is 262 g/mol. The number of aromatic nitrogens is 2. The van der Waals surface area contributed by atoms with Crippen molar-refractivity contribution in [1.82, 2.24) is 9.78 Å². The zero-order valence-electron chi connectivity index (χ0n) is 10.9. The van der Waals surface area contributed by atoms with E-state index in [9.17, 15) is 14.9 Å². The largest absolute Gasteiger partial charge is 0.467 e. The van der Waals surface area contributed by atoms with Crippen molar-refractivity contribution in [2.45, 2.75) is 18.9 Å². The first-order valence-corrected chi connectivity index (χ1v) is 6.31. The molecule has 0 aliphatic heterocycles. The lowest BCUT2D eigenvalue weighted by atomic mass is 10.1. The van der Waals surface area contributed by atoms with Crippen molar-refractivity contribution in [2.75, 3.05) is 7.11 Å². The number of benzene rings is 1. The Kier molecular flexibility index (Phi) is 2.89. The number of non-ortho nitro benzene ring substituents is 1. The molecule has 0 saturated heterocycles. The SMILES string of the molecule is COC(=O)C(C1CC1)n1ncc2ccc([N+](=O)[O-])cc21. The van der Waals surface area contributed by atoms with E-state index in [1.807, 2.05) is 0 Å². The Morgan fingerprint density at radius 3 is 2.90 bits per heavy atom. The van der Waals surface area contributed by atoms with E-state index in [1.54, 1.807) is 16.9 Å². The van der Waals surface area contributed by atoms with Gasteiger partial charge in [0.05, 0.1) is 23.7 Å². The highest BCUT2D eigenvalue weighted by Crippen LogP contribution is 2.41. The molecule has 2 aromatic rings. The van der Waals surface area contributed by atoms with Crippen LogP contribution in [-0.4, -0.2) is 27.8 Å². The van der Waals surface area contributed by atoms with Gasteiger partial charge in [-0.1, -0.05) is 0 Å². The van der Waals surface area contributed by atoms with Crippen LogP contribution >= 0.6 is 0 Å². The van der Waals surface area contributed by atoms with Crippen molar-refractivity contribution >= 4 is 22.6 Å². The second-order valence-electron chi connectivity index (χ2n) is 4.89. The van der Waals surface area contributed by atoms with Gasteiger partial charge in [-0.15, -0.1) is 0 Å². The summed E-state index contributed by atoms with van der Waals surface area (Å²) >= 11 is 0. The van der Waals surface area contributed by atoms with Crippen LogP contribution in [0.15, 0.2) is 24.4 Å². The molecule has 0 radical (unpaired) electrons. The van der Waals surface area contributed by atoms with Crippen LogP contribution in [0, 0.1) is 16.0 Å². The van der Waals surface area contributed by atoms with Crippen LogP contribution in [0.4, 0.5) is 5.69 Å². The molecule has 1 saturated carbocycles. The minimum absolute atomic E-state index is 0.0151. The van der Waals surface area contributed by atoms with Crippen LogP contribution < -0.4 is 0 Å². The fraction of sp³-hybridized carbons (Fsp3) is 0.385. The van der Waals surface area contributed by atoms with Crippen LogP contribution in [0.5, 0.6) is 0 Å². The topological polar surface area (TPSA) is 87.3 Å². The summed E-state index contributed by atoms with van der Waals surface area (Å²) in [5.74, 6) is -0.159. The summed E-state index contributed by atoms with van der Waals surface area (Å²) in [5.41, 5.74) is 0.570. The Morgan fingerprint density at radius 1 is 1.55 bits per heavy atom. The molecule has 7 nitrogen and oxygen atoms in total. The van der Waals surface area contributed by atoms with Gasteiger partial charge in [-0.05, 0) is 24.8 Å². The molecule has 0 bridgehead atoms. The summed E-state index contributed by atoms with van der Waals surface area (Å²) in [5, 5.41) is 15.9. The maximum Gasteiger partial charge on any atom is 0.330 e. The number of carbonyl (C=O) groups excluding carboxylic acids is 1. The molecule has 1 atom stereocenters. The minimum Gasteiger partial charge on any atom is -0.467 e. The normalized spacial score (nSPS) is 16.1. The quantitative estimate of drug-likeness (QED) is 0.484. The van der Waals surface area contributed by atoms with E-state index in [0.717, 1.165) is 18.2 Å². The Morgan fingerprint density at radius 2 is 2.30 bits per heavy atom.